The number of hydrogen-bond donors (Lipinski definition) is 1. The van der Waals surface area contributed by atoms with E-state index < -0.39 is 17.7 Å². The summed E-state index contributed by atoms with van der Waals surface area (Å²) in [5.74, 6) is 0.525. The Balaban J connectivity index is 0.000000182. The number of benzene rings is 2. The molecule has 0 aliphatic carbocycles. The predicted molar refractivity (Wildman–Crippen MR) is 177 cm³/mol. The van der Waals surface area contributed by atoms with E-state index in [2.05, 4.69) is 38.1 Å². The standard InChI is InChI=1S/C16H16F3N3O2.C9H13N3O2.C6H4ClI/c1-10-13(15(23)24-2)14-21(8-3-9-22(14)20-10)12-6-4-11(5-7-12)16(17,18)19;1-6-7(9(13)14-2)8-10-4-3-5-12(8)11-6;7-5-1-3-6(8)4-2-5/h4-7H,3,8-9H2,1-2H3;10H,3-5H2,1-2H3;1-4H. The second kappa shape index (κ2) is 15.2. The number of ether oxygens (including phenoxy) is 2. The summed E-state index contributed by atoms with van der Waals surface area (Å²) in [6.07, 6.45) is -2.57. The maximum Gasteiger partial charge on any atom is 0.416 e. The van der Waals surface area contributed by atoms with Crippen molar-refractivity contribution < 1.29 is 32.2 Å². The Hall–Kier alpha value is -3.79. The van der Waals surface area contributed by atoms with Gasteiger partial charge in [-0.25, -0.2) is 19.0 Å². The average Bonchev–Trinajstić information content (AvgIpc) is 3.57. The molecule has 2 aromatic heterocycles. The van der Waals surface area contributed by atoms with Crippen molar-refractivity contribution in [2.75, 3.05) is 37.5 Å². The van der Waals surface area contributed by atoms with Crippen molar-refractivity contribution in [1.82, 2.24) is 19.6 Å². The molecule has 1 N–H and O–H groups in total. The van der Waals surface area contributed by atoms with Crippen LogP contribution in [0.3, 0.4) is 0 Å². The number of aromatic nitrogens is 4. The van der Waals surface area contributed by atoms with Crippen LogP contribution in [0.4, 0.5) is 30.5 Å². The minimum absolute atomic E-state index is 0.321. The van der Waals surface area contributed by atoms with Crippen molar-refractivity contribution in [2.24, 2.45) is 0 Å². The van der Waals surface area contributed by atoms with Gasteiger partial charge in [0.1, 0.15) is 22.8 Å². The normalized spacial score (nSPS) is 13.5. The second-order valence-electron chi connectivity index (χ2n) is 10.3. The van der Waals surface area contributed by atoms with Gasteiger partial charge in [0.25, 0.3) is 0 Å². The summed E-state index contributed by atoms with van der Waals surface area (Å²) in [4.78, 5) is 25.3. The summed E-state index contributed by atoms with van der Waals surface area (Å²) < 4.78 is 52.5. The van der Waals surface area contributed by atoms with Crippen LogP contribution in [0.1, 0.15) is 50.5 Å². The maximum absolute atomic E-state index is 12.7. The van der Waals surface area contributed by atoms with Crippen LogP contribution < -0.4 is 10.2 Å². The Morgan fingerprint density at radius 1 is 0.848 bits per heavy atom. The van der Waals surface area contributed by atoms with Gasteiger partial charge in [-0.05, 0) is 97.8 Å². The number of nitrogens with zero attached hydrogens (tertiary/aromatic N) is 5. The first kappa shape index (κ1) is 35.1. The number of carbonyl (C=O) groups excluding carboxylic acids is 2. The number of anilines is 3. The van der Waals surface area contributed by atoms with Crippen molar-refractivity contribution in [2.45, 2.75) is 46.0 Å². The van der Waals surface area contributed by atoms with Gasteiger partial charge in [0, 0.05) is 40.5 Å². The first-order valence-corrected chi connectivity index (χ1v) is 15.7. The Morgan fingerprint density at radius 2 is 1.41 bits per heavy atom. The van der Waals surface area contributed by atoms with Crippen LogP contribution in [-0.4, -0.2) is 58.8 Å². The van der Waals surface area contributed by atoms with Crippen LogP contribution in [-0.2, 0) is 28.7 Å². The highest BCUT2D eigenvalue weighted by atomic mass is 127. The summed E-state index contributed by atoms with van der Waals surface area (Å²) in [5.41, 5.74) is 2.04. The third-order valence-electron chi connectivity index (χ3n) is 7.16. The van der Waals surface area contributed by atoms with Gasteiger partial charge in [0.2, 0.25) is 0 Å². The molecule has 2 aliphatic rings. The third kappa shape index (κ3) is 8.13. The van der Waals surface area contributed by atoms with Crippen molar-refractivity contribution in [3.8, 4) is 0 Å². The fourth-order valence-electron chi connectivity index (χ4n) is 5.04. The molecule has 46 heavy (non-hydrogen) atoms. The van der Waals surface area contributed by atoms with Crippen LogP contribution in [0.2, 0.25) is 5.02 Å². The Kier molecular flexibility index (Phi) is 11.6. The Labute approximate surface area is 282 Å². The van der Waals surface area contributed by atoms with E-state index in [0.717, 1.165) is 54.6 Å². The van der Waals surface area contributed by atoms with Gasteiger partial charge in [0.15, 0.2) is 0 Å². The Bertz CT molecular complexity index is 1650. The predicted octanol–water partition coefficient (Wildman–Crippen LogP) is 7.28. The highest BCUT2D eigenvalue weighted by Crippen LogP contribution is 2.36. The highest BCUT2D eigenvalue weighted by Gasteiger charge is 2.32. The molecule has 0 bridgehead atoms. The lowest BCUT2D eigenvalue weighted by atomic mass is 10.1. The van der Waals surface area contributed by atoms with E-state index in [0.29, 0.717) is 41.4 Å². The summed E-state index contributed by atoms with van der Waals surface area (Å²) in [6, 6.07) is 12.6. The zero-order valence-electron chi connectivity index (χ0n) is 25.6. The van der Waals surface area contributed by atoms with Crippen molar-refractivity contribution >= 4 is 63.5 Å². The van der Waals surface area contributed by atoms with Gasteiger partial charge in [-0.15, -0.1) is 0 Å². The summed E-state index contributed by atoms with van der Waals surface area (Å²) in [7, 11) is 2.67. The van der Waals surface area contributed by atoms with Gasteiger partial charge >= 0.3 is 18.1 Å². The molecule has 0 saturated heterocycles. The van der Waals surface area contributed by atoms with E-state index in [4.69, 9.17) is 21.1 Å². The molecule has 0 atom stereocenters. The van der Waals surface area contributed by atoms with Gasteiger partial charge in [-0.3, -0.25) is 0 Å². The molecule has 4 aromatic rings. The number of methoxy groups -OCH3 is 2. The van der Waals surface area contributed by atoms with Crippen LogP contribution in [0.5, 0.6) is 0 Å². The molecule has 2 aliphatic heterocycles. The molecule has 0 fully saturated rings. The lowest BCUT2D eigenvalue weighted by Crippen LogP contribution is -2.29. The van der Waals surface area contributed by atoms with E-state index >= 15 is 0 Å². The molecule has 246 valence electrons. The van der Waals surface area contributed by atoms with E-state index in [1.807, 2.05) is 35.9 Å². The lowest BCUT2D eigenvalue weighted by Gasteiger charge is -2.30. The molecular formula is C31H33ClF3IN6O4. The number of carbonyl (C=O) groups is 2. The smallest absolute Gasteiger partial charge is 0.416 e. The Morgan fingerprint density at radius 3 is 2.00 bits per heavy atom. The number of nitrogens with one attached hydrogen (secondary N) is 1. The number of alkyl halides is 3. The molecule has 15 heteroatoms. The molecule has 0 spiro atoms. The SMILES string of the molecule is COC(=O)c1c(C)nn2c1N(c1ccc(C(F)(F)F)cc1)CCC2.COC(=O)c1c(C)nn2c1NCCC2.Clc1ccc(I)cc1. The van der Waals surface area contributed by atoms with Crippen LogP contribution in [0.25, 0.3) is 0 Å². The summed E-state index contributed by atoms with van der Waals surface area (Å²) in [6.45, 7) is 6.50. The van der Waals surface area contributed by atoms with Crippen LogP contribution in [0, 0.1) is 17.4 Å². The van der Waals surface area contributed by atoms with Crippen LogP contribution in [0.15, 0.2) is 48.5 Å². The van der Waals surface area contributed by atoms with Gasteiger partial charge < -0.3 is 19.7 Å². The molecule has 0 unspecified atom stereocenters. The monoisotopic (exact) mass is 772 g/mol. The van der Waals surface area contributed by atoms with E-state index in [-0.39, 0.29) is 5.97 Å². The fraction of sp³-hybridized carbons (Fsp3) is 0.355. The number of fused-ring (bicyclic) bond motifs is 2. The first-order valence-electron chi connectivity index (χ1n) is 14.3. The maximum atomic E-state index is 12.7. The number of hydrogen-bond acceptors (Lipinski definition) is 8. The average molecular weight is 773 g/mol. The topological polar surface area (TPSA) is 104 Å². The van der Waals surface area contributed by atoms with Gasteiger partial charge in [-0.1, -0.05) is 11.6 Å². The zero-order valence-corrected chi connectivity index (χ0v) is 28.5. The highest BCUT2D eigenvalue weighted by molar-refractivity contribution is 14.1. The molecule has 2 aromatic carbocycles. The number of halogens is 5. The lowest BCUT2D eigenvalue weighted by molar-refractivity contribution is -0.137. The quantitative estimate of drug-likeness (QED) is 0.171. The largest absolute Gasteiger partial charge is 0.465 e. The van der Waals surface area contributed by atoms with Gasteiger partial charge in [-0.2, -0.15) is 23.4 Å². The van der Waals surface area contributed by atoms with Crippen molar-refractivity contribution in [3.63, 3.8) is 0 Å². The number of aryl methyl sites for hydroxylation is 4. The second-order valence-corrected chi connectivity index (χ2v) is 12.0. The summed E-state index contributed by atoms with van der Waals surface area (Å²) in [5, 5.41) is 12.6. The molecule has 6 rings (SSSR count). The molecule has 0 amide bonds. The van der Waals surface area contributed by atoms with Crippen molar-refractivity contribution in [3.05, 3.63) is 85.2 Å². The molecular weight excluding hydrogens is 740 g/mol. The third-order valence-corrected chi connectivity index (χ3v) is 8.13. The minimum Gasteiger partial charge on any atom is -0.465 e. The first-order chi connectivity index (χ1) is 21.8. The molecule has 4 heterocycles. The van der Waals surface area contributed by atoms with Gasteiger partial charge in [0.05, 0.1) is 31.2 Å². The van der Waals surface area contributed by atoms with Crippen LogP contribution >= 0.6 is 34.2 Å². The molecule has 0 saturated carbocycles. The fourth-order valence-corrected chi connectivity index (χ4v) is 5.53. The zero-order chi connectivity index (χ0) is 33.6. The van der Waals surface area contributed by atoms with E-state index in [9.17, 15) is 22.8 Å². The number of rotatable bonds is 3. The molecule has 0 radical (unpaired) electrons. The van der Waals surface area contributed by atoms with E-state index in [1.165, 1.54) is 29.9 Å². The summed E-state index contributed by atoms with van der Waals surface area (Å²) >= 11 is 7.85. The molecule has 10 nitrogen and oxygen atoms in total. The van der Waals surface area contributed by atoms with E-state index in [1.54, 1.807) is 16.5 Å². The number of esters is 2. The van der Waals surface area contributed by atoms with Crippen molar-refractivity contribution in [1.29, 1.82) is 0 Å². The minimum atomic E-state index is -4.38.